The van der Waals surface area contributed by atoms with Gasteiger partial charge in [0.05, 0.1) is 5.25 Å². The smallest absolute Gasteiger partial charge is 0.259 e. The van der Waals surface area contributed by atoms with Crippen molar-refractivity contribution in [3.05, 3.63) is 40.2 Å². The maximum absolute atomic E-state index is 12.1. The van der Waals surface area contributed by atoms with E-state index in [1.165, 1.54) is 16.6 Å². The second-order valence-corrected chi connectivity index (χ2v) is 7.46. The van der Waals surface area contributed by atoms with Crippen LogP contribution in [0.25, 0.3) is 11.2 Å². The van der Waals surface area contributed by atoms with Crippen molar-refractivity contribution in [1.29, 1.82) is 0 Å². The molecule has 0 aliphatic heterocycles. The molecular formula is C16H17N3O2S2. The summed E-state index contributed by atoms with van der Waals surface area (Å²) in [7, 11) is 0. The highest BCUT2D eigenvalue weighted by molar-refractivity contribution is 8.00. The van der Waals surface area contributed by atoms with Gasteiger partial charge in [0.15, 0.2) is 11.2 Å². The number of pyridine rings is 1. The Bertz CT molecular complexity index is 799. The van der Waals surface area contributed by atoms with Gasteiger partial charge in [-0.05, 0) is 43.8 Å². The molecule has 0 bridgehead atoms. The molecule has 1 amide bonds. The number of hydrogen-bond acceptors (Lipinski definition) is 6. The lowest BCUT2D eigenvalue weighted by Crippen LogP contribution is -2.32. The van der Waals surface area contributed by atoms with Crippen LogP contribution in [0.4, 0.5) is 0 Å². The van der Waals surface area contributed by atoms with Crippen LogP contribution >= 0.6 is 23.1 Å². The lowest BCUT2D eigenvalue weighted by molar-refractivity contribution is -0.120. The molecule has 3 aromatic rings. The quantitative estimate of drug-likeness (QED) is 0.692. The van der Waals surface area contributed by atoms with Crippen LogP contribution in [-0.2, 0) is 11.2 Å². The highest BCUT2D eigenvalue weighted by atomic mass is 32.2. The molecule has 0 fully saturated rings. The van der Waals surface area contributed by atoms with Gasteiger partial charge < -0.3 is 9.73 Å². The third kappa shape index (κ3) is 4.11. The van der Waals surface area contributed by atoms with Crippen molar-refractivity contribution in [3.8, 4) is 0 Å². The normalized spacial score (nSPS) is 12.4. The fourth-order valence-corrected chi connectivity index (χ4v) is 3.53. The molecule has 0 aliphatic rings. The van der Waals surface area contributed by atoms with E-state index in [0.717, 1.165) is 12.1 Å². The summed E-state index contributed by atoms with van der Waals surface area (Å²) in [6.45, 7) is 4.39. The van der Waals surface area contributed by atoms with Gasteiger partial charge in [-0.15, -0.1) is 11.3 Å². The average Bonchev–Trinajstić information content (AvgIpc) is 3.15. The summed E-state index contributed by atoms with van der Waals surface area (Å²) in [5.41, 5.74) is 2.11. The Morgan fingerprint density at radius 1 is 1.39 bits per heavy atom. The molecule has 3 heterocycles. The van der Waals surface area contributed by atoms with E-state index in [1.807, 2.05) is 37.4 Å². The topological polar surface area (TPSA) is 68.0 Å². The predicted octanol–water partition coefficient (Wildman–Crippen LogP) is 3.43. The number of thioether (sulfide) groups is 1. The van der Waals surface area contributed by atoms with E-state index in [-0.39, 0.29) is 11.2 Å². The summed E-state index contributed by atoms with van der Waals surface area (Å²) in [5.74, 6) is -0.0158. The van der Waals surface area contributed by atoms with Crippen LogP contribution in [0, 0.1) is 6.92 Å². The second kappa shape index (κ2) is 7.14. The molecule has 0 saturated carbocycles. The van der Waals surface area contributed by atoms with Gasteiger partial charge in [-0.2, -0.15) is 4.98 Å². The number of hydrogen-bond donors (Lipinski definition) is 1. The summed E-state index contributed by atoms with van der Waals surface area (Å²) >= 11 is 3.00. The molecule has 5 nitrogen and oxygen atoms in total. The largest absolute Gasteiger partial charge is 0.430 e. The molecule has 120 valence electrons. The van der Waals surface area contributed by atoms with Crippen LogP contribution in [0.1, 0.15) is 17.5 Å². The van der Waals surface area contributed by atoms with Crippen molar-refractivity contribution < 1.29 is 9.21 Å². The van der Waals surface area contributed by atoms with E-state index >= 15 is 0 Å². The molecule has 0 aromatic carbocycles. The molecule has 7 heteroatoms. The van der Waals surface area contributed by atoms with Gasteiger partial charge in [-0.1, -0.05) is 17.8 Å². The Hall–Kier alpha value is -1.86. The van der Waals surface area contributed by atoms with Gasteiger partial charge in [0.2, 0.25) is 5.91 Å². The molecule has 0 aliphatic carbocycles. The third-order valence-corrected chi connectivity index (χ3v) is 5.15. The fraction of sp³-hybridized carbons (Fsp3) is 0.312. The minimum atomic E-state index is -0.271. The first kappa shape index (κ1) is 16.0. The van der Waals surface area contributed by atoms with E-state index in [1.54, 1.807) is 11.3 Å². The van der Waals surface area contributed by atoms with Gasteiger partial charge >= 0.3 is 0 Å². The molecule has 3 aromatic heterocycles. The first-order valence-electron chi connectivity index (χ1n) is 7.33. The number of carbonyl (C=O) groups excluding carboxylic acids is 1. The van der Waals surface area contributed by atoms with Crippen molar-refractivity contribution in [3.63, 3.8) is 0 Å². The first-order valence-corrected chi connectivity index (χ1v) is 9.08. The number of rotatable bonds is 6. The van der Waals surface area contributed by atoms with Crippen LogP contribution in [0.5, 0.6) is 0 Å². The fourth-order valence-electron chi connectivity index (χ4n) is 2.06. The molecule has 0 unspecified atom stereocenters. The van der Waals surface area contributed by atoms with Gasteiger partial charge in [0.1, 0.15) is 0 Å². The van der Waals surface area contributed by atoms with Crippen molar-refractivity contribution >= 4 is 40.2 Å². The Labute approximate surface area is 142 Å². The number of thiophene rings is 1. The minimum absolute atomic E-state index is 0.0158. The Morgan fingerprint density at radius 2 is 2.26 bits per heavy atom. The predicted molar refractivity (Wildman–Crippen MR) is 92.9 cm³/mol. The second-order valence-electron chi connectivity index (χ2n) is 5.13. The van der Waals surface area contributed by atoms with Crippen molar-refractivity contribution in [2.45, 2.75) is 30.7 Å². The van der Waals surface area contributed by atoms with E-state index in [0.29, 0.717) is 23.0 Å². The Kier molecular flexibility index (Phi) is 4.97. The maximum atomic E-state index is 12.1. The molecule has 1 atom stereocenters. The lowest BCUT2D eigenvalue weighted by atomic mass is 10.3. The zero-order valence-electron chi connectivity index (χ0n) is 12.9. The van der Waals surface area contributed by atoms with Gasteiger partial charge in [-0.3, -0.25) is 4.79 Å². The Balaban J connectivity index is 1.54. The minimum Gasteiger partial charge on any atom is -0.430 e. The van der Waals surface area contributed by atoms with E-state index < -0.39 is 0 Å². The standard InChI is InChI=1S/C16H17N3O2S2/c1-10-5-6-13-14(18-10)19-16(21-13)23-11(2)15(20)17-8-7-12-4-3-9-22-12/h3-6,9,11H,7-8H2,1-2H3,(H,17,20)/t11-/m1/s1. The number of carbonyl (C=O) groups is 1. The van der Waals surface area contributed by atoms with Crippen LogP contribution < -0.4 is 5.32 Å². The van der Waals surface area contributed by atoms with Crippen molar-refractivity contribution in [2.75, 3.05) is 6.54 Å². The molecule has 0 saturated heterocycles. The van der Waals surface area contributed by atoms with E-state index in [2.05, 4.69) is 21.4 Å². The van der Waals surface area contributed by atoms with Crippen LogP contribution in [-0.4, -0.2) is 27.7 Å². The summed E-state index contributed by atoms with van der Waals surface area (Å²) < 4.78 is 5.62. The number of aryl methyl sites for hydroxylation is 1. The molecule has 1 N–H and O–H groups in total. The van der Waals surface area contributed by atoms with E-state index in [9.17, 15) is 4.79 Å². The highest BCUT2D eigenvalue weighted by Gasteiger charge is 2.18. The van der Waals surface area contributed by atoms with Gasteiger partial charge in [0, 0.05) is 17.1 Å². The van der Waals surface area contributed by atoms with Crippen molar-refractivity contribution in [1.82, 2.24) is 15.3 Å². The summed E-state index contributed by atoms with van der Waals surface area (Å²) in [6, 6.07) is 7.81. The number of amides is 1. The highest BCUT2D eigenvalue weighted by Crippen LogP contribution is 2.26. The Morgan fingerprint density at radius 3 is 3.04 bits per heavy atom. The van der Waals surface area contributed by atoms with Crippen LogP contribution in [0.15, 0.2) is 39.3 Å². The van der Waals surface area contributed by atoms with Crippen LogP contribution in [0.2, 0.25) is 0 Å². The number of nitrogens with zero attached hydrogens (tertiary/aromatic N) is 2. The zero-order valence-corrected chi connectivity index (χ0v) is 14.5. The SMILES string of the molecule is Cc1ccc2oc(S[C@H](C)C(=O)NCCc3cccs3)nc2n1. The maximum Gasteiger partial charge on any atom is 0.259 e. The van der Waals surface area contributed by atoms with E-state index in [4.69, 9.17) is 4.42 Å². The molecule has 0 spiro atoms. The first-order chi connectivity index (χ1) is 11.1. The monoisotopic (exact) mass is 347 g/mol. The van der Waals surface area contributed by atoms with Crippen molar-refractivity contribution in [2.24, 2.45) is 0 Å². The average molecular weight is 347 g/mol. The summed E-state index contributed by atoms with van der Waals surface area (Å²) in [6.07, 6.45) is 0.854. The molecule has 0 radical (unpaired) electrons. The zero-order chi connectivity index (χ0) is 16.2. The summed E-state index contributed by atoms with van der Waals surface area (Å²) in [5, 5.41) is 5.19. The summed E-state index contributed by atoms with van der Waals surface area (Å²) in [4.78, 5) is 22.0. The van der Waals surface area contributed by atoms with Crippen LogP contribution in [0.3, 0.4) is 0 Å². The number of aromatic nitrogens is 2. The van der Waals surface area contributed by atoms with Gasteiger partial charge in [-0.25, -0.2) is 4.98 Å². The number of oxazole rings is 1. The third-order valence-electron chi connectivity index (χ3n) is 3.27. The lowest BCUT2D eigenvalue weighted by Gasteiger charge is -2.09. The number of fused-ring (bicyclic) bond motifs is 1. The number of nitrogens with one attached hydrogen (secondary N) is 1. The molecule has 23 heavy (non-hydrogen) atoms. The molecule has 3 rings (SSSR count). The molecular weight excluding hydrogens is 330 g/mol. The van der Waals surface area contributed by atoms with Gasteiger partial charge in [0.25, 0.3) is 5.22 Å².